The van der Waals surface area contributed by atoms with Crippen LogP contribution in [0.25, 0.3) is 66.4 Å². The van der Waals surface area contributed by atoms with E-state index in [9.17, 15) is 0 Å². The van der Waals surface area contributed by atoms with Gasteiger partial charge in [0.05, 0.1) is 32.6 Å². The second-order valence-corrected chi connectivity index (χ2v) is 33.4. The number of hydrogen-bond acceptors (Lipinski definition) is 3. The van der Waals surface area contributed by atoms with E-state index in [4.69, 9.17) is 4.42 Å². The third-order valence-corrected chi connectivity index (χ3v) is 20.7. The van der Waals surface area contributed by atoms with E-state index in [2.05, 4.69) is 304 Å². The number of anilines is 6. The number of hydrogen-bond donors (Lipinski definition) is 0. The second kappa shape index (κ2) is 18.2. The molecule has 0 atom stereocenters. The quantitative estimate of drug-likeness (QED) is 0.127. The van der Waals surface area contributed by atoms with Crippen molar-refractivity contribution in [2.24, 2.45) is 0 Å². The van der Waals surface area contributed by atoms with Crippen LogP contribution >= 0.6 is 0 Å². The smallest absolute Gasteiger partial charge is 0.145 e. The highest BCUT2D eigenvalue weighted by atomic mass is 28.3. The van der Waals surface area contributed by atoms with Gasteiger partial charge in [0.15, 0.2) is 0 Å². The maximum Gasteiger partial charge on any atom is 0.145 e. The molecule has 0 bridgehead atoms. The fraction of sp³-hybridized carbons (Fsp3) is 0.0959. The van der Waals surface area contributed by atoms with Crippen LogP contribution in [0.5, 0.6) is 0 Å². The summed E-state index contributed by atoms with van der Waals surface area (Å²) in [4.78, 5) is 4.95. The summed E-state index contributed by atoms with van der Waals surface area (Å²) >= 11 is 0. The lowest BCUT2D eigenvalue weighted by Gasteiger charge is -2.33. The van der Waals surface area contributed by atoms with Crippen LogP contribution in [0.3, 0.4) is 0 Å². The second-order valence-electron chi connectivity index (χ2n) is 23.3. The lowest BCUT2D eigenvalue weighted by Crippen LogP contribution is -2.37. The topological polar surface area (TPSA) is 19.6 Å². The van der Waals surface area contributed by atoms with Gasteiger partial charge in [-0.15, -0.1) is 0 Å². The average molecular weight is 1040 g/mol. The Morgan fingerprint density at radius 3 is 1.27 bits per heavy atom. The molecule has 376 valence electrons. The van der Waals surface area contributed by atoms with E-state index in [1.54, 1.807) is 0 Å². The van der Waals surface area contributed by atoms with Crippen molar-refractivity contribution >= 4 is 82.6 Å². The van der Waals surface area contributed by atoms with E-state index >= 15 is 0 Å². The Hall–Kier alpha value is -8.75. The predicted octanol–water partition coefficient (Wildman–Crippen LogP) is 19.3. The standard InChI is InChI=1S/C73H60N2OSi2/c1-77(2,3)58-42-37-54(38-43-58)74(53-33-29-51(30-34-53)49-19-9-7-10-20-49)57-41-46-62-66(47-57)73(64-26-16-13-23-60(64)61-24-14-17-27-65(61)73)67-48-68(71-63-25-15-18-28-69(63)76-72(71)70(62)67)75(56-39-44-59(45-40-56)78(4,5)6)55-35-31-52(32-36-55)50-21-11-8-12-22-50/h7-48H,1-6H3. The third kappa shape index (κ3) is 7.59. The molecule has 14 rings (SSSR count). The zero-order valence-corrected chi connectivity index (χ0v) is 47.1. The van der Waals surface area contributed by atoms with Crippen LogP contribution < -0.4 is 20.2 Å². The Morgan fingerprint density at radius 2 is 0.756 bits per heavy atom. The van der Waals surface area contributed by atoms with Crippen LogP contribution in [-0.2, 0) is 5.41 Å². The SMILES string of the molecule is C[Si](C)(C)c1ccc(N(c2ccc(-c3ccccc3)cc2)c2ccc3c(c2)C2(c4ccccc4-c4ccccc42)c2cc(N(c4ccc(-c5ccccc5)cc4)c4ccc([Si](C)(C)C)cc4)c4c(oc5ccccc54)c2-3)cc1. The predicted molar refractivity (Wildman–Crippen MR) is 336 cm³/mol. The van der Waals surface area contributed by atoms with Crippen LogP contribution in [0.2, 0.25) is 39.3 Å². The molecule has 5 heteroatoms. The summed E-state index contributed by atoms with van der Waals surface area (Å²) in [5, 5.41) is 5.05. The molecule has 2 aliphatic carbocycles. The Labute approximate surface area is 460 Å². The van der Waals surface area contributed by atoms with Gasteiger partial charge in [-0.3, -0.25) is 0 Å². The zero-order chi connectivity index (χ0) is 52.9. The lowest BCUT2D eigenvalue weighted by atomic mass is 9.70. The van der Waals surface area contributed by atoms with Crippen molar-refractivity contribution in [3.8, 4) is 44.5 Å². The average Bonchev–Trinajstić information content (AvgIpc) is 4.26. The number of benzene rings is 11. The molecule has 0 radical (unpaired) electrons. The van der Waals surface area contributed by atoms with E-state index in [0.717, 1.165) is 61.6 Å². The minimum absolute atomic E-state index is 0.704. The Bertz CT molecular complexity index is 4200. The molecule has 0 unspecified atom stereocenters. The van der Waals surface area contributed by atoms with Gasteiger partial charge in [-0.25, -0.2) is 0 Å². The van der Waals surface area contributed by atoms with Gasteiger partial charge >= 0.3 is 0 Å². The molecule has 2 aliphatic rings. The van der Waals surface area contributed by atoms with Crippen LogP contribution in [0.15, 0.2) is 259 Å². The first-order valence-electron chi connectivity index (χ1n) is 27.4. The molecule has 1 aromatic heterocycles. The fourth-order valence-electron chi connectivity index (χ4n) is 12.7. The Balaban J connectivity index is 1.06. The number of furan rings is 1. The van der Waals surface area contributed by atoms with Crippen molar-refractivity contribution in [2.75, 3.05) is 9.80 Å². The molecule has 3 nitrogen and oxygen atoms in total. The summed E-state index contributed by atoms with van der Waals surface area (Å²) in [5.41, 5.74) is 22.3. The number of rotatable bonds is 10. The molecule has 1 heterocycles. The molecule has 0 aliphatic heterocycles. The van der Waals surface area contributed by atoms with Gasteiger partial charge in [0.2, 0.25) is 0 Å². The van der Waals surface area contributed by atoms with Crippen LogP contribution in [-0.4, -0.2) is 16.1 Å². The van der Waals surface area contributed by atoms with Crippen LogP contribution in [0, 0.1) is 0 Å². The molecule has 0 fully saturated rings. The highest BCUT2D eigenvalue weighted by Gasteiger charge is 2.53. The van der Waals surface area contributed by atoms with Crippen molar-refractivity contribution in [3.63, 3.8) is 0 Å². The molecule has 78 heavy (non-hydrogen) atoms. The van der Waals surface area contributed by atoms with Crippen molar-refractivity contribution in [1.82, 2.24) is 0 Å². The molecule has 11 aromatic carbocycles. The van der Waals surface area contributed by atoms with Crippen molar-refractivity contribution < 1.29 is 4.42 Å². The van der Waals surface area contributed by atoms with E-state index in [1.165, 1.54) is 71.6 Å². The lowest BCUT2D eigenvalue weighted by molar-refractivity contribution is 0.669. The van der Waals surface area contributed by atoms with E-state index in [-0.39, 0.29) is 0 Å². The van der Waals surface area contributed by atoms with Gasteiger partial charge in [-0.05, 0) is 134 Å². The molecule has 12 aromatic rings. The highest BCUT2D eigenvalue weighted by Crippen LogP contribution is 2.66. The fourth-order valence-corrected chi connectivity index (χ4v) is 15.1. The molecule has 1 spiro atoms. The van der Waals surface area contributed by atoms with Gasteiger partial charge < -0.3 is 14.2 Å². The van der Waals surface area contributed by atoms with E-state index in [1.807, 2.05) is 0 Å². The minimum atomic E-state index is -1.62. The van der Waals surface area contributed by atoms with Gasteiger partial charge in [-0.1, -0.05) is 232 Å². The number of fused-ring (bicyclic) bond motifs is 14. The van der Waals surface area contributed by atoms with E-state index in [0.29, 0.717) is 0 Å². The number of nitrogens with zero attached hydrogens (tertiary/aromatic N) is 2. The summed E-state index contributed by atoms with van der Waals surface area (Å²) in [7, 11) is -3.20. The van der Waals surface area contributed by atoms with Crippen molar-refractivity contribution in [2.45, 2.75) is 44.7 Å². The van der Waals surface area contributed by atoms with E-state index < -0.39 is 21.6 Å². The highest BCUT2D eigenvalue weighted by molar-refractivity contribution is 6.89. The Morgan fingerprint density at radius 1 is 0.333 bits per heavy atom. The van der Waals surface area contributed by atoms with Crippen molar-refractivity contribution in [1.29, 1.82) is 0 Å². The molecular formula is C73H60N2OSi2. The first kappa shape index (κ1) is 47.7. The number of para-hydroxylation sites is 1. The summed E-state index contributed by atoms with van der Waals surface area (Å²) in [5.74, 6) is 0. The minimum Gasteiger partial charge on any atom is -0.455 e. The molecule has 0 saturated heterocycles. The molecule has 0 amide bonds. The zero-order valence-electron chi connectivity index (χ0n) is 45.1. The largest absolute Gasteiger partial charge is 0.455 e. The van der Waals surface area contributed by atoms with Gasteiger partial charge in [0, 0.05) is 39.4 Å². The van der Waals surface area contributed by atoms with Gasteiger partial charge in [0.25, 0.3) is 0 Å². The first-order valence-corrected chi connectivity index (χ1v) is 34.4. The maximum absolute atomic E-state index is 7.41. The summed E-state index contributed by atoms with van der Waals surface area (Å²) in [6, 6.07) is 95.1. The molecule has 0 N–H and O–H groups in total. The van der Waals surface area contributed by atoms with Crippen LogP contribution in [0.1, 0.15) is 22.3 Å². The van der Waals surface area contributed by atoms with Gasteiger partial charge in [0.1, 0.15) is 11.2 Å². The van der Waals surface area contributed by atoms with Crippen LogP contribution in [0.4, 0.5) is 34.1 Å². The maximum atomic E-state index is 7.41. The first-order chi connectivity index (χ1) is 37.9. The summed E-state index contributed by atoms with van der Waals surface area (Å²) < 4.78 is 7.41. The molecular weight excluding hydrogens is 977 g/mol. The summed E-state index contributed by atoms with van der Waals surface area (Å²) in [6.07, 6.45) is 0. The molecule has 0 saturated carbocycles. The Kier molecular flexibility index (Phi) is 11.1. The normalized spacial score (nSPS) is 13.1. The van der Waals surface area contributed by atoms with Gasteiger partial charge in [-0.2, -0.15) is 0 Å². The van der Waals surface area contributed by atoms with Crippen molar-refractivity contribution in [3.05, 3.63) is 277 Å². The summed E-state index contributed by atoms with van der Waals surface area (Å²) in [6.45, 7) is 14.5. The monoisotopic (exact) mass is 1040 g/mol. The third-order valence-electron chi connectivity index (χ3n) is 16.6.